The molecule has 5 heteroatoms. The van der Waals surface area contributed by atoms with E-state index in [-0.39, 0.29) is 11.5 Å². The molecule has 0 aliphatic heterocycles. The van der Waals surface area contributed by atoms with Crippen molar-refractivity contribution in [2.24, 2.45) is 10.4 Å². The molecule has 2 heterocycles. The van der Waals surface area contributed by atoms with Gasteiger partial charge >= 0.3 is 0 Å². The van der Waals surface area contributed by atoms with Crippen molar-refractivity contribution >= 4 is 22.3 Å². The molecule has 0 bridgehead atoms. The van der Waals surface area contributed by atoms with E-state index in [0.29, 0.717) is 6.61 Å². The van der Waals surface area contributed by atoms with Gasteiger partial charge in [0.15, 0.2) is 0 Å². The number of pyridine rings is 1. The molecule has 0 fully saturated rings. The molecular formula is C39H53N3O2. The van der Waals surface area contributed by atoms with Gasteiger partial charge in [-0.1, -0.05) is 63.8 Å². The lowest BCUT2D eigenvalue weighted by Crippen LogP contribution is -2.21. The van der Waals surface area contributed by atoms with Crippen LogP contribution in [0.15, 0.2) is 85.2 Å². The SMILES string of the molecule is C=COCC(C)(C)Cc1c(-c2cccnc2C(C)OC)n(CC)c2ccc(/C(=C/C)N=C(C)CCCCCC(=C)C=C)cc12. The lowest BCUT2D eigenvalue weighted by Gasteiger charge is -2.25. The number of fused-ring (bicyclic) bond motifs is 1. The molecule has 3 rings (SSSR count). The first-order chi connectivity index (χ1) is 21.1. The number of aliphatic imine (C=N–C) groups is 1. The summed E-state index contributed by atoms with van der Waals surface area (Å²) in [6.07, 6.45) is 13.5. The molecule has 2 aromatic heterocycles. The maximum absolute atomic E-state index is 5.77. The fourth-order valence-electron chi connectivity index (χ4n) is 5.84. The van der Waals surface area contributed by atoms with Gasteiger partial charge in [0.05, 0.1) is 36.1 Å². The summed E-state index contributed by atoms with van der Waals surface area (Å²) >= 11 is 0. The molecule has 0 radical (unpaired) electrons. The predicted molar refractivity (Wildman–Crippen MR) is 189 cm³/mol. The minimum atomic E-state index is -0.136. The van der Waals surface area contributed by atoms with Crippen molar-refractivity contribution in [3.63, 3.8) is 0 Å². The number of benzene rings is 1. The van der Waals surface area contributed by atoms with Gasteiger partial charge in [-0.3, -0.25) is 9.98 Å². The quantitative estimate of drug-likeness (QED) is 0.0636. The maximum Gasteiger partial charge on any atom is 0.0969 e. The largest absolute Gasteiger partial charge is 0.501 e. The Hall–Kier alpha value is -3.70. The van der Waals surface area contributed by atoms with Gasteiger partial charge < -0.3 is 14.0 Å². The fraction of sp³-hybridized carbons (Fsp3) is 0.436. The van der Waals surface area contributed by atoms with Gasteiger partial charge in [-0.05, 0) is 89.6 Å². The van der Waals surface area contributed by atoms with Gasteiger partial charge in [0.2, 0.25) is 0 Å². The van der Waals surface area contributed by atoms with Crippen LogP contribution in [0.2, 0.25) is 0 Å². The normalized spacial score (nSPS) is 13.2. The highest BCUT2D eigenvalue weighted by Crippen LogP contribution is 2.41. The third kappa shape index (κ3) is 8.69. The van der Waals surface area contributed by atoms with Crippen molar-refractivity contribution in [1.29, 1.82) is 0 Å². The van der Waals surface area contributed by atoms with Gasteiger partial charge in [0.1, 0.15) is 0 Å². The van der Waals surface area contributed by atoms with E-state index in [9.17, 15) is 0 Å². The second kappa shape index (κ2) is 16.4. The standard InChI is InChI=1S/C39H53N3O2/c1-11-28(5)19-16-15-17-20-29(6)41-35(12-2)31-22-23-36-33(25-31)34(26-39(8,9)27-44-14-4)38(42(36)13-3)32-21-18-24-40-37(32)30(7)43-10/h11-12,14,18,21-25,30H,1,4-5,13,15-17,19-20,26-27H2,2-3,6-10H3/b35-12-,41-29?. The summed E-state index contributed by atoms with van der Waals surface area (Å²) in [5, 5.41) is 1.24. The number of ether oxygens (including phenoxy) is 2. The van der Waals surface area contributed by atoms with Crippen LogP contribution in [-0.4, -0.2) is 29.0 Å². The van der Waals surface area contributed by atoms with Crippen LogP contribution in [0.5, 0.6) is 0 Å². The van der Waals surface area contributed by atoms with E-state index >= 15 is 0 Å². The first-order valence-electron chi connectivity index (χ1n) is 16.0. The molecule has 5 nitrogen and oxygen atoms in total. The molecule has 1 aromatic carbocycles. The summed E-state index contributed by atoms with van der Waals surface area (Å²) in [7, 11) is 1.74. The van der Waals surface area contributed by atoms with Crippen LogP contribution < -0.4 is 0 Å². The van der Waals surface area contributed by atoms with E-state index in [1.807, 2.05) is 18.3 Å². The average Bonchev–Trinajstić information content (AvgIpc) is 3.33. The van der Waals surface area contributed by atoms with Crippen molar-refractivity contribution in [3.05, 3.63) is 97.1 Å². The number of hydrogen-bond acceptors (Lipinski definition) is 4. The van der Waals surface area contributed by atoms with E-state index < -0.39 is 0 Å². The second-order valence-corrected chi connectivity index (χ2v) is 12.4. The van der Waals surface area contributed by atoms with Crippen LogP contribution >= 0.6 is 0 Å². The van der Waals surface area contributed by atoms with Crippen molar-refractivity contribution in [3.8, 4) is 11.3 Å². The average molecular weight is 596 g/mol. The first kappa shape index (κ1) is 34.8. The smallest absolute Gasteiger partial charge is 0.0969 e. The molecule has 0 N–H and O–H groups in total. The summed E-state index contributed by atoms with van der Waals surface area (Å²) in [5.74, 6) is 0. The number of aryl methyl sites for hydroxylation is 1. The zero-order chi connectivity index (χ0) is 32.3. The van der Waals surface area contributed by atoms with Crippen molar-refractivity contribution in [1.82, 2.24) is 9.55 Å². The van der Waals surface area contributed by atoms with Gasteiger partial charge in [-0.15, -0.1) is 0 Å². The molecule has 1 unspecified atom stereocenters. The molecule has 0 saturated heterocycles. The Morgan fingerprint density at radius 2 is 1.89 bits per heavy atom. The summed E-state index contributed by atoms with van der Waals surface area (Å²) < 4.78 is 13.9. The molecule has 0 aliphatic rings. The van der Waals surface area contributed by atoms with Crippen LogP contribution in [0.3, 0.4) is 0 Å². The van der Waals surface area contributed by atoms with Gasteiger partial charge in [-0.2, -0.15) is 0 Å². The van der Waals surface area contributed by atoms with Gasteiger partial charge in [0, 0.05) is 53.0 Å². The molecule has 0 spiro atoms. The molecule has 3 aromatic rings. The second-order valence-electron chi connectivity index (χ2n) is 12.4. The Bertz CT molecular complexity index is 1510. The highest BCUT2D eigenvalue weighted by molar-refractivity contribution is 5.95. The molecule has 236 valence electrons. The van der Waals surface area contributed by atoms with E-state index in [1.165, 1.54) is 28.4 Å². The molecule has 0 saturated carbocycles. The Balaban J connectivity index is 2.11. The van der Waals surface area contributed by atoms with Crippen molar-refractivity contribution in [2.75, 3.05) is 13.7 Å². The summed E-state index contributed by atoms with van der Waals surface area (Å²) in [4.78, 5) is 9.89. The van der Waals surface area contributed by atoms with Gasteiger partial charge in [0.25, 0.3) is 0 Å². The zero-order valence-corrected chi connectivity index (χ0v) is 28.2. The molecule has 1 atom stereocenters. The van der Waals surface area contributed by atoms with Crippen LogP contribution in [0.4, 0.5) is 0 Å². The van der Waals surface area contributed by atoms with E-state index in [2.05, 4.69) is 96.2 Å². The van der Waals surface area contributed by atoms with E-state index in [0.717, 1.165) is 78.9 Å². The third-order valence-electron chi connectivity index (χ3n) is 8.27. The lowest BCUT2D eigenvalue weighted by molar-refractivity contribution is 0.116. The van der Waals surface area contributed by atoms with Crippen LogP contribution in [0, 0.1) is 5.41 Å². The Morgan fingerprint density at radius 1 is 1.14 bits per heavy atom. The van der Waals surface area contributed by atoms with Crippen LogP contribution in [0.25, 0.3) is 27.9 Å². The summed E-state index contributed by atoms with van der Waals surface area (Å²) in [6, 6.07) is 11.0. The summed E-state index contributed by atoms with van der Waals surface area (Å²) in [5.41, 5.74) is 10.0. The Morgan fingerprint density at radius 3 is 2.55 bits per heavy atom. The Labute approximate surface area is 266 Å². The number of aromatic nitrogens is 2. The van der Waals surface area contributed by atoms with Crippen molar-refractivity contribution in [2.45, 2.75) is 92.7 Å². The third-order valence-corrected chi connectivity index (χ3v) is 8.27. The maximum atomic E-state index is 5.77. The highest BCUT2D eigenvalue weighted by Gasteiger charge is 2.28. The minimum absolute atomic E-state index is 0.128. The fourth-order valence-corrected chi connectivity index (χ4v) is 5.84. The molecule has 0 amide bonds. The molecule has 0 aliphatic carbocycles. The number of rotatable bonds is 18. The number of nitrogens with zero attached hydrogens (tertiary/aromatic N) is 3. The van der Waals surface area contributed by atoms with Crippen LogP contribution in [-0.2, 0) is 22.4 Å². The molecular weight excluding hydrogens is 542 g/mol. The predicted octanol–water partition coefficient (Wildman–Crippen LogP) is 10.7. The number of unbranched alkanes of at least 4 members (excludes halogenated alkanes) is 2. The lowest BCUT2D eigenvalue weighted by atomic mass is 9.84. The van der Waals surface area contributed by atoms with E-state index in [4.69, 9.17) is 19.5 Å². The number of hydrogen-bond donors (Lipinski definition) is 0. The zero-order valence-electron chi connectivity index (χ0n) is 28.2. The number of methoxy groups -OCH3 is 1. The Kier molecular flexibility index (Phi) is 13.0. The highest BCUT2D eigenvalue weighted by atomic mass is 16.5. The summed E-state index contributed by atoms with van der Waals surface area (Å²) in [6.45, 7) is 26.0. The monoisotopic (exact) mass is 595 g/mol. The van der Waals surface area contributed by atoms with Crippen LogP contribution in [0.1, 0.15) is 96.6 Å². The van der Waals surface area contributed by atoms with Crippen molar-refractivity contribution < 1.29 is 9.47 Å². The molecule has 44 heavy (non-hydrogen) atoms. The number of allylic oxidation sites excluding steroid dienone is 3. The topological polar surface area (TPSA) is 48.6 Å². The minimum Gasteiger partial charge on any atom is -0.501 e. The van der Waals surface area contributed by atoms with Gasteiger partial charge in [-0.25, -0.2) is 0 Å². The van der Waals surface area contributed by atoms with E-state index in [1.54, 1.807) is 7.11 Å². The first-order valence-corrected chi connectivity index (χ1v) is 16.0.